The van der Waals surface area contributed by atoms with Gasteiger partial charge in [0.15, 0.2) is 5.16 Å². The topological polar surface area (TPSA) is 112 Å². The van der Waals surface area contributed by atoms with E-state index in [1.807, 2.05) is 43.3 Å². The number of hydrogen-bond donors (Lipinski definition) is 2. The van der Waals surface area contributed by atoms with E-state index in [1.165, 1.54) is 11.8 Å². The summed E-state index contributed by atoms with van der Waals surface area (Å²) in [5, 5.41) is 6.34. The molecule has 0 radical (unpaired) electrons. The molecule has 2 amide bonds. The van der Waals surface area contributed by atoms with Gasteiger partial charge in [0.25, 0.3) is 11.5 Å². The number of fused-ring (bicyclic) bond motifs is 1. The molecule has 2 N–H and O–H groups in total. The lowest BCUT2D eigenvalue weighted by Gasteiger charge is -2.18. The molecule has 9 nitrogen and oxygen atoms in total. The van der Waals surface area contributed by atoms with Crippen molar-refractivity contribution in [1.82, 2.24) is 14.9 Å². The van der Waals surface area contributed by atoms with Crippen molar-refractivity contribution in [1.29, 1.82) is 0 Å². The van der Waals surface area contributed by atoms with Crippen LogP contribution in [0.3, 0.4) is 0 Å². The summed E-state index contributed by atoms with van der Waals surface area (Å²) in [6.45, 7) is 3.40. The second-order valence-corrected chi connectivity index (χ2v) is 11.3. The Morgan fingerprint density at radius 1 is 1.12 bits per heavy atom. The first kappa shape index (κ1) is 29.3. The first-order chi connectivity index (χ1) is 20.4. The standard InChI is InChI=1S/C32H34N4O5S/c1-3-28(30(38)34-23-8-6-9-24(18-23)40-2)42-32-35-27-12-5-4-11-26(27)31(39)36(32)20-21-13-15-22(16-14-21)29(37)33-19-25-10-7-17-41-25/h4-6,8-9,11-16,18,25,28H,3,7,10,17,19-20H2,1-2H3,(H,33,37)(H,34,38)/t25-,28-/m1/s1. The van der Waals surface area contributed by atoms with E-state index < -0.39 is 5.25 Å². The number of para-hydroxylation sites is 1. The predicted octanol–water partition coefficient (Wildman–Crippen LogP) is 4.87. The zero-order valence-corrected chi connectivity index (χ0v) is 24.5. The van der Waals surface area contributed by atoms with Crippen molar-refractivity contribution >= 4 is 40.2 Å². The molecule has 5 rings (SSSR count). The number of anilines is 1. The maximum Gasteiger partial charge on any atom is 0.262 e. The monoisotopic (exact) mass is 586 g/mol. The van der Waals surface area contributed by atoms with Gasteiger partial charge in [-0.25, -0.2) is 4.98 Å². The number of carbonyl (C=O) groups excluding carboxylic acids is 2. The van der Waals surface area contributed by atoms with Gasteiger partial charge in [0.05, 0.1) is 35.9 Å². The van der Waals surface area contributed by atoms with Gasteiger partial charge in [-0.2, -0.15) is 0 Å². The number of amides is 2. The van der Waals surface area contributed by atoms with Gasteiger partial charge in [0.2, 0.25) is 5.91 Å². The molecule has 1 aliphatic rings. The zero-order chi connectivity index (χ0) is 29.5. The number of aromatic nitrogens is 2. The Morgan fingerprint density at radius 2 is 1.93 bits per heavy atom. The van der Waals surface area contributed by atoms with E-state index in [1.54, 1.807) is 48.1 Å². The van der Waals surface area contributed by atoms with Gasteiger partial charge in [-0.15, -0.1) is 0 Å². The van der Waals surface area contributed by atoms with E-state index >= 15 is 0 Å². The number of methoxy groups -OCH3 is 1. The second-order valence-electron chi connectivity index (χ2n) is 10.1. The van der Waals surface area contributed by atoms with Gasteiger partial charge in [0, 0.05) is 30.5 Å². The Hall–Kier alpha value is -4.15. The fraction of sp³-hybridized carbons (Fsp3) is 0.312. The number of benzene rings is 3. The number of thioether (sulfide) groups is 1. The molecule has 218 valence electrons. The molecule has 1 saturated heterocycles. The molecule has 0 bridgehead atoms. The Balaban J connectivity index is 1.36. The Kier molecular flexibility index (Phi) is 9.55. The van der Waals surface area contributed by atoms with Crippen LogP contribution in [0.4, 0.5) is 5.69 Å². The van der Waals surface area contributed by atoms with E-state index in [2.05, 4.69) is 10.6 Å². The van der Waals surface area contributed by atoms with E-state index in [4.69, 9.17) is 14.5 Å². The highest BCUT2D eigenvalue weighted by Gasteiger charge is 2.23. The van der Waals surface area contributed by atoms with Gasteiger partial charge in [-0.05, 0) is 61.2 Å². The van der Waals surface area contributed by atoms with Crippen LogP contribution >= 0.6 is 11.8 Å². The number of nitrogens with one attached hydrogen (secondary N) is 2. The van der Waals surface area contributed by atoms with Crippen LogP contribution in [0.2, 0.25) is 0 Å². The Bertz CT molecular complexity index is 1620. The molecule has 0 unspecified atom stereocenters. The third kappa shape index (κ3) is 7.00. The van der Waals surface area contributed by atoms with Gasteiger partial charge in [-0.1, -0.05) is 49.0 Å². The smallest absolute Gasteiger partial charge is 0.262 e. The van der Waals surface area contributed by atoms with Crippen LogP contribution in [0.5, 0.6) is 5.75 Å². The van der Waals surface area contributed by atoms with Crippen molar-refractivity contribution in [2.45, 2.75) is 49.2 Å². The minimum absolute atomic E-state index is 0.0703. The average molecular weight is 587 g/mol. The summed E-state index contributed by atoms with van der Waals surface area (Å²) < 4.78 is 12.4. The number of ether oxygens (including phenoxy) is 2. The highest BCUT2D eigenvalue weighted by Crippen LogP contribution is 2.27. The van der Waals surface area contributed by atoms with Crippen molar-refractivity contribution in [2.24, 2.45) is 0 Å². The van der Waals surface area contributed by atoms with E-state index in [0.29, 0.717) is 46.0 Å². The summed E-state index contributed by atoms with van der Waals surface area (Å²) in [5.74, 6) is 0.290. The van der Waals surface area contributed by atoms with Crippen molar-refractivity contribution in [3.63, 3.8) is 0 Å². The predicted molar refractivity (Wildman–Crippen MR) is 164 cm³/mol. The molecule has 0 aliphatic carbocycles. The van der Waals surface area contributed by atoms with Crippen LogP contribution < -0.4 is 20.9 Å². The molecular formula is C32H34N4O5S. The molecule has 3 aromatic carbocycles. The number of rotatable bonds is 11. The maximum absolute atomic E-state index is 13.7. The van der Waals surface area contributed by atoms with Crippen molar-refractivity contribution in [3.8, 4) is 5.75 Å². The molecule has 2 atom stereocenters. The van der Waals surface area contributed by atoms with Crippen LogP contribution in [0.1, 0.15) is 42.1 Å². The SMILES string of the molecule is CC[C@@H](Sc1nc2ccccc2c(=O)n1Cc1ccc(C(=O)NC[C@H]2CCCO2)cc1)C(=O)Nc1cccc(OC)c1. The summed E-state index contributed by atoms with van der Waals surface area (Å²) >= 11 is 1.26. The van der Waals surface area contributed by atoms with Crippen LogP contribution in [0.15, 0.2) is 82.7 Å². The van der Waals surface area contributed by atoms with Gasteiger partial charge in [-0.3, -0.25) is 19.0 Å². The van der Waals surface area contributed by atoms with Crippen molar-refractivity contribution < 1.29 is 19.1 Å². The van der Waals surface area contributed by atoms with Crippen molar-refractivity contribution in [3.05, 3.63) is 94.3 Å². The maximum atomic E-state index is 13.7. The van der Waals surface area contributed by atoms with Crippen LogP contribution in [0, 0.1) is 0 Å². The highest BCUT2D eigenvalue weighted by molar-refractivity contribution is 8.00. The number of hydrogen-bond acceptors (Lipinski definition) is 7. The van der Waals surface area contributed by atoms with Crippen LogP contribution in [-0.4, -0.2) is 53.0 Å². The quantitative estimate of drug-likeness (QED) is 0.191. The molecule has 2 heterocycles. The molecule has 0 spiro atoms. The normalized spacial score (nSPS) is 15.3. The van der Waals surface area contributed by atoms with Crippen molar-refractivity contribution in [2.75, 3.05) is 25.6 Å². The lowest BCUT2D eigenvalue weighted by molar-refractivity contribution is -0.115. The van der Waals surface area contributed by atoms with Gasteiger partial charge < -0.3 is 20.1 Å². The molecule has 4 aromatic rings. The molecule has 10 heteroatoms. The average Bonchev–Trinajstić information content (AvgIpc) is 3.54. The molecular weight excluding hydrogens is 552 g/mol. The summed E-state index contributed by atoms with van der Waals surface area (Å²) in [7, 11) is 1.57. The first-order valence-electron chi connectivity index (χ1n) is 14.0. The minimum atomic E-state index is -0.495. The molecule has 1 aromatic heterocycles. The summed E-state index contributed by atoms with van der Waals surface area (Å²) in [4.78, 5) is 44.4. The minimum Gasteiger partial charge on any atom is -0.497 e. The van der Waals surface area contributed by atoms with Crippen LogP contribution in [0.25, 0.3) is 10.9 Å². The third-order valence-corrected chi connectivity index (χ3v) is 8.50. The molecule has 1 aliphatic heterocycles. The number of carbonyl (C=O) groups is 2. The first-order valence-corrected chi connectivity index (χ1v) is 14.9. The van der Waals surface area contributed by atoms with Gasteiger partial charge in [0.1, 0.15) is 5.75 Å². The van der Waals surface area contributed by atoms with E-state index in [9.17, 15) is 14.4 Å². The van der Waals surface area contributed by atoms with Crippen LogP contribution in [-0.2, 0) is 16.1 Å². The highest BCUT2D eigenvalue weighted by atomic mass is 32.2. The second kappa shape index (κ2) is 13.7. The molecule has 42 heavy (non-hydrogen) atoms. The fourth-order valence-electron chi connectivity index (χ4n) is 4.81. The Labute approximate surface area is 248 Å². The molecule has 1 fully saturated rings. The Morgan fingerprint density at radius 3 is 2.67 bits per heavy atom. The largest absolute Gasteiger partial charge is 0.497 e. The lowest BCUT2D eigenvalue weighted by atomic mass is 10.1. The number of nitrogens with zero attached hydrogens (tertiary/aromatic N) is 2. The summed E-state index contributed by atoms with van der Waals surface area (Å²) in [6.07, 6.45) is 2.57. The zero-order valence-electron chi connectivity index (χ0n) is 23.7. The summed E-state index contributed by atoms with van der Waals surface area (Å²) in [6, 6.07) is 21.6. The van der Waals surface area contributed by atoms with Gasteiger partial charge >= 0.3 is 0 Å². The summed E-state index contributed by atoms with van der Waals surface area (Å²) in [5.41, 5.74) is 2.38. The molecule has 0 saturated carbocycles. The van der Waals surface area contributed by atoms with E-state index in [0.717, 1.165) is 25.0 Å². The fourth-order valence-corrected chi connectivity index (χ4v) is 5.82. The van der Waals surface area contributed by atoms with E-state index in [-0.39, 0.29) is 30.0 Å². The lowest BCUT2D eigenvalue weighted by Crippen LogP contribution is -2.31. The third-order valence-electron chi connectivity index (χ3n) is 7.15.